The van der Waals surface area contributed by atoms with Gasteiger partial charge in [-0.05, 0) is 44.4 Å². The van der Waals surface area contributed by atoms with E-state index in [0.29, 0.717) is 12.8 Å². The van der Waals surface area contributed by atoms with E-state index in [-0.39, 0.29) is 25.7 Å². The highest BCUT2D eigenvalue weighted by Gasteiger charge is 2.28. The molecule has 0 aliphatic heterocycles. The van der Waals surface area contributed by atoms with Crippen molar-refractivity contribution in [3.8, 4) is 0 Å². The van der Waals surface area contributed by atoms with Crippen LogP contribution in [0, 0.1) is 5.92 Å². The predicted octanol–water partition coefficient (Wildman–Crippen LogP) is 8.47. The molecule has 5 atom stereocenters. The highest BCUT2D eigenvalue weighted by atomic mass is 31.2. The maximum atomic E-state index is 12.6. The number of carbonyl (C=O) groups excluding carboxylic acids is 2. The summed E-state index contributed by atoms with van der Waals surface area (Å²) in [6.07, 6.45) is 27.5. The van der Waals surface area contributed by atoms with Crippen LogP contribution in [-0.4, -0.2) is 92.8 Å². The Morgan fingerprint density at radius 3 is 1.76 bits per heavy atom. The van der Waals surface area contributed by atoms with Gasteiger partial charge in [0, 0.05) is 12.8 Å². The maximum absolute atomic E-state index is 12.6. The second-order valence-electron chi connectivity index (χ2n) is 15.1. The normalized spacial score (nSPS) is 15.7. The Hall–Kier alpha value is -2.00. The molecule has 0 saturated heterocycles. The highest BCUT2D eigenvalue weighted by Crippen LogP contribution is 2.43. The first-order chi connectivity index (χ1) is 28.0. The SMILES string of the molecule is CCCCC/C=C\C[C@@H](O)/C=C/C=C/C=C\[C@@H](O)CCCC(=O)OC[C@H](COP(=O)(O)OC[C@@H](O)COP(=O)(O)O)OC(=O)CCCCCCCCCCCCC(C)C. The molecular formula is C42H76O15P2. The predicted molar refractivity (Wildman–Crippen MR) is 228 cm³/mol. The van der Waals surface area contributed by atoms with E-state index in [4.69, 9.17) is 23.8 Å². The minimum Gasteiger partial charge on any atom is -0.462 e. The number of rotatable bonds is 39. The third-order valence-electron chi connectivity index (χ3n) is 8.83. The Morgan fingerprint density at radius 1 is 0.593 bits per heavy atom. The Labute approximate surface area is 353 Å². The molecule has 344 valence electrons. The maximum Gasteiger partial charge on any atom is 0.472 e. The third kappa shape index (κ3) is 41.1. The fourth-order valence-corrected chi connectivity index (χ4v) is 6.65. The van der Waals surface area contributed by atoms with Crippen LogP contribution in [-0.2, 0) is 41.8 Å². The van der Waals surface area contributed by atoms with Gasteiger partial charge in [-0.3, -0.25) is 23.2 Å². The first-order valence-corrected chi connectivity index (χ1v) is 24.4. The van der Waals surface area contributed by atoms with Crippen molar-refractivity contribution in [2.45, 2.75) is 174 Å². The molecule has 0 rings (SSSR count). The quantitative estimate of drug-likeness (QED) is 0.0112. The summed E-state index contributed by atoms with van der Waals surface area (Å²) < 4.78 is 47.5. The van der Waals surface area contributed by atoms with E-state index < -0.39 is 78.4 Å². The topological polar surface area (TPSA) is 236 Å². The number of aliphatic hydroxyl groups is 3. The molecule has 0 aromatic carbocycles. The molecule has 0 radical (unpaired) electrons. The number of unbranched alkanes of at least 4 members (excludes halogenated alkanes) is 12. The van der Waals surface area contributed by atoms with Gasteiger partial charge in [-0.25, -0.2) is 9.13 Å². The van der Waals surface area contributed by atoms with E-state index in [0.717, 1.165) is 44.4 Å². The van der Waals surface area contributed by atoms with E-state index >= 15 is 0 Å². The van der Waals surface area contributed by atoms with Crippen LogP contribution in [0.4, 0.5) is 0 Å². The molecule has 1 unspecified atom stereocenters. The molecule has 15 nitrogen and oxygen atoms in total. The van der Waals surface area contributed by atoms with Gasteiger partial charge in [0.1, 0.15) is 12.7 Å². The molecule has 0 fully saturated rings. The van der Waals surface area contributed by atoms with Crippen LogP contribution in [0.2, 0.25) is 0 Å². The smallest absolute Gasteiger partial charge is 0.462 e. The van der Waals surface area contributed by atoms with E-state index in [9.17, 15) is 38.9 Å². The van der Waals surface area contributed by atoms with E-state index in [2.05, 4.69) is 35.9 Å². The van der Waals surface area contributed by atoms with Crippen molar-refractivity contribution in [3.05, 3.63) is 48.6 Å². The molecule has 0 aromatic heterocycles. The number of allylic oxidation sites excluding steroid dienone is 5. The summed E-state index contributed by atoms with van der Waals surface area (Å²) in [4.78, 5) is 52.6. The molecule has 0 aliphatic rings. The number of carbonyl (C=O) groups is 2. The third-order valence-corrected chi connectivity index (χ3v) is 10.3. The number of hydrogen-bond acceptors (Lipinski definition) is 12. The Bertz CT molecular complexity index is 1280. The molecule has 0 heterocycles. The Balaban J connectivity index is 4.78. The molecular weight excluding hydrogens is 806 g/mol. The van der Waals surface area contributed by atoms with Crippen molar-refractivity contribution in [1.82, 2.24) is 0 Å². The Kier molecular flexibility index (Phi) is 35.4. The summed E-state index contributed by atoms with van der Waals surface area (Å²) >= 11 is 0. The van der Waals surface area contributed by atoms with Crippen LogP contribution in [0.3, 0.4) is 0 Å². The van der Waals surface area contributed by atoms with E-state index in [1.807, 2.05) is 6.08 Å². The zero-order valence-electron chi connectivity index (χ0n) is 35.7. The van der Waals surface area contributed by atoms with Crippen molar-refractivity contribution in [2.75, 3.05) is 26.4 Å². The zero-order chi connectivity index (χ0) is 44.2. The van der Waals surface area contributed by atoms with Gasteiger partial charge in [-0.15, -0.1) is 0 Å². The van der Waals surface area contributed by atoms with Gasteiger partial charge in [0.2, 0.25) is 0 Å². The van der Waals surface area contributed by atoms with Crippen LogP contribution in [0.1, 0.15) is 149 Å². The first-order valence-electron chi connectivity index (χ1n) is 21.4. The van der Waals surface area contributed by atoms with Gasteiger partial charge < -0.3 is 39.5 Å². The van der Waals surface area contributed by atoms with Crippen molar-refractivity contribution in [3.63, 3.8) is 0 Å². The van der Waals surface area contributed by atoms with Crippen molar-refractivity contribution >= 4 is 27.6 Å². The molecule has 0 spiro atoms. The summed E-state index contributed by atoms with van der Waals surface area (Å²) in [5.41, 5.74) is 0. The van der Waals surface area contributed by atoms with Crippen LogP contribution in [0.25, 0.3) is 0 Å². The second kappa shape index (κ2) is 36.6. The van der Waals surface area contributed by atoms with Crippen molar-refractivity contribution in [2.24, 2.45) is 5.92 Å². The van der Waals surface area contributed by atoms with Crippen LogP contribution in [0.15, 0.2) is 48.6 Å². The molecule has 0 amide bonds. The largest absolute Gasteiger partial charge is 0.472 e. The molecule has 59 heavy (non-hydrogen) atoms. The van der Waals surface area contributed by atoms with Gasteiger partial charge >= 0.3 is 27.6 Å². The van der Waals surface area contributed by atoms with Crippen LogP contribution < -0.4 is 0 Å². The number of phosphoric ester groups is 2. The lowest BCUT2D eigenvalue weighted by Gasteiger charge is -2.20. The summed E-state index contributed by atoms with van der Waals surface area (Å²) in [7, 11) is -9.75. The zero-order valence-corrected chi connectivity index (χ0v) is 37.5. The molecule has 0 aliphatic carbocycles. The molecule has 6 N–H and O–H groups in total. The average Bonchev–Trinajstić information content (AvgIpc) is 3.17. The van der Waals surface area contributed by atoms with Crippen LogP contribution in [0.5, 0.6) is 0 Å². The fraction of sp³-hybridized carbons (Fsp3) is 0.762. The molecule has 0 bridgehead atoms. The van der Waals surface area contributed by atoms with Crippen molar-refractivity contribution < 1.29 is 71.8 Å². The van der Waals surface area contributed by atoms with Crippen molar-refractivity contribution in [1.29, 1.82) is 0 Å². The number of ether oxygens (including phenoxy) is 2. The van der Waals surface area contributed by atoms with Gasteiger partial charge in [0.05, 0.1) is 32.0 Å². The number of phosphoric acid groups is 2. The standard InChI is InChI=1S/C42H76O15P2/c1-4-5-6-7-15-20-26-37(43)27-21-17-18-22-28-38(44)29-24-31-41(46)53-34-40(35-56-59(51,52)55-33-39(45)32-54-58(48,49)50)57-42(47)30-23-16-13-11-9-8-10-12-14-19-25-36(2)3/h15,17-18,20-22,27-28,36-40,43-45H,4-14,16,19,23-26,29-35H2,1-3H3,(H,51,52)(H2,48,49,50)/b18-17+,20-15-,27-21+,28-22-/t37-,38-,39+,40-/m1/s1. The van der Waals surface area contributed by atoms with Gasteiger partial charge in [0.25, 0.3) is 0 Å². The minimum absolute atomic E-state index is 0.0652. The lowest BCUT2D eigenvalue weighted by Crippen LogP contribution is -2.30. The van der Waals surface area contributed by atoms with E-state index in [1.54, 1.807) is 36.5 Å². The summed E-state index contributed by atoms with van der Waals surface area (Å²) in [6, 6.07) is 0. The molecule has 0 saturated carbocycles. The first kappa shape index (κ1) is 57.0. The molecule has 17 heteroatoms. The Morgan fingerprint density at radius 2 is 1.15 bits per heavy atom. The summed E-state index contributed by atoms with van der Waals surface area (Å²) in [6.45, 7) is 3.69. The number of aliphatic hydroxyl groups excluding tert-OH is 3. The molecule has 0 aromatic rings. The van der Waals surface area contributed by atoms with Gasteiger partial charge in [-0.2, -0.15) is 0 Å². The van der Waals surface area contributed by atoms with E-state index in [1.165, 1.54) is 51.4 Å². The van der Waals surface area contributed by atoms with Gasteiger partial charge in [0.15, 0.2) is 6.10 Å². The summed E-state index contributed by atoms with van der Waals surface area (Å²) in [5.74, 6) is -0.522. The minimum atomic E-state index is -4.89. The number of esters is 2. The van der Waals surface area contributed by atoms with Crippen LogP contribution >= 0.6 is 15.6 Å². The second-order valence-corrected chi connectivity index (χ2v) is 17.8. The lowest BCUT2D eigenvalue weighted by molar-refractivity contribution is -0.161. The average molecular weight is 883 g/mol. The highest BCUT2D eigenvalue weighted by molar-refractivity contribution is 7.47. The monoisotopic (exact) mass is 882 g/mol. The fourth-order valence-electron chi connectivity index (χ4n) is 5.49. The van der Waals surface area contributed by atoms with Gasteiger partial charge in [-0.1, -0.05) is 146 Å². The lowest BCUT2D eigenvalue weighted by atomic mass is 10.0. The summed E-state index contributed by atoms with van der Waals surface area (Å²) in [5, 5.41) is 30.0. The number of hydrogen-bond donors (Lipinski definition) is 6.